The molecule has 0 heterocycles. The van der Waals surface area contributed by atoms with Crippen molar-refractivity contribution < 1.29 is 5.11 Å². The maximum Gasteiger partial charge on any atom is 0.0681 e. The second kappa shape index (κ2) is 6.54. The maximum atomic E-state index is 9.01. The van der Waals surface area contributed by atoms with Gasteiger partial charge in [-0.2, -0.15) is 0 Å². The van der Waals surface area contributed by atoms with Gasteiger partial charge in [-0.25, -0.2) is 0 Å². The molecule has 5 heteroatoms. The lowest BCUT2D eigenvalue weighted by atomic mass is 10.1. The third-order valence-corrected chi connectivity index (χ3v) is 3.47. The van der Waals surface area contributed by atoms with Gasteiger partial charge >= 0.3 is 0 Å². The molecule has 0 aliphatic carbocycles. The second-order valence-electron chi connectivity index (χ2n) is 4.43. The largest absolute Gasteiger partial charge is 0.398 e. The molecule has 0 aliphatic heterocycles. The average Bonchev–Trinajstić information content (AvgIpc) is 2.45. The van der Waals surface area contributed by atoms with E-state index in [-0.39, 0.29) is 6.61 Å². The van der Waals surface area contributed by atoms with Crippen LogP contribution >= 0.6 is 15.9 Å². The van der Waals surface area contributed by atoms with Crippen LogP contribution in [0.2, 0.25) is 0 Å². The van der Waals surface area contributed by atoms with E-state index in [4.69, 9.17) is 16.2 Å². The van der Waals surface area contributed by atoms with Gasteiger partial charge in [-0.05, 0) is 23.3 Å². The molecule has 2 aromatic carbocycles. The van der Waals surface area contributed by atoms with E-state index < -0.39 is 0 Å². The number of halogens is 1. The predicted molar refractivity (Wildman–Crippen MR) is 86.1 cm³/mol. The fourth-order valence-electron chi connectivity index (χ4n) is 1.91. The molecule has 0 spiro atoms. The van der Waals surface area contributed by atoms with E-state index in [9.17, 15) is 0 Å². The molecule has 2 aromatic rings. The van der Waals surface area contributed by atoms with Gasteiger partial charge < -0.3 is 21.6 Å². The molecule has 0 aliphatic rings. The average molecular weight is 334 g/mol. The predicted octanol–water partition coefficient (Wildman–Crippen LogP) is 3.13. The Labute approximate surface area is 126 Å². The first-order chi connectivity index (χ1) is 9.63. The van der Waals surface area contributed by atoms with Crippen LogP contribution in [0, 0.1) is 5.41 Å². The summed E-state index contributed by atoms with van der Waals surface area (Å²) in [6, 6.07) is 11.4. The van der Waals surface area contributed by atoms with E-state index in [2.05, 4.69) is 21.2 Å². The first kappa shape index (κ1) is 14.6. The highest BCUT2D eigenvalue weighted by molar-refractivity contribution is 9.10. The van der Waals surface area contributed by atoms with E-state index in [0.717, 1.165) is 21.3 Å². The fourth-order valence-corrected chi connectivity index (χ4v) is 2.38. The van der Waals surface area contributed by atoms with Crippen LogP contribution < -0.4 is 11.1 Å². The molecule has 0 bridgehead atoms. The van der Waals surface area contributed by atoms with Crippen molar-refractivity contribution >= 4 is 33.5 Å². The zero-order chi connectivity index (χ0) is 14.5. The van der Waals surface area contributed by atoms with Crippen LogP contribution in [0.15, 0.2) is 40.9 Å². The van der Waals surface area contributed by atoms with Gasteiger partial charge in [0, 0.05) is 34.2 Å². The quantitative estimate of drug-likeness (QED) is 0.501. The van der Waals surface area contributed by atoms with Crippen molar-refractivity contribution in [3.8, 4) is 0 Å². The lowest BCUT2D eigenvalue weighted by Gasteiger charge is -2.12. The van der Waals surface area contributed by atoms with Gasteiger partial charge in [0.15, 0.2) is 0 Å². The SMILES string of the molecule is N=Cc1c(N)cc(Br)cc1NCc1ccc(CO)cc1. The van der Waals surface area contributed by atoms with Gasteiger partial charge in [0.1, 0.15) is 0 Å². The number of benzene rings is 2. The number of nitrogens with two attached hydrogens (primary N) is 1. The van der Waals surface area contributed by atoms with Crippen molar-refractivity contribution in [2.75, 3.05) is 11.1 Å². The van der Waals surface area contributed by atoms with E-state index in [1.54, 1.807) is 6.07 Å². The topological polar surface area (TPSA) is 82.1 Å². The lowest BCUT2D eigenvalue weighted by Crippen LogP contribution is -2.05. The van der Waals surface area contributed by atoms with Crippen molar-refractivity contribution in [3.05, 3.63) is 57.6 Å². The molecule has 4 nitrogen and oxygen atoms in total. The third-order valence-electron chi connectivity index (χ3n) is 3.01. The maximum absolute atomic E-state index is 9.01. The van der Waals surface area contributed by atoms with Crippen LogP contribution in [-0.4, -0.2) is 11.3 Å². The minimum Gasteiger partial charge on any atom is -0.398 e. The van der Waals surface area contributed by atoms with E-state index in [1.165, 1.54) is 6.21 Å². The van der Waals surface area contributed by atoms with Crippen molar-refractivity contribution in [2.24, 2.45) is 0 Å². The molecular weight excluding hydrogens is 318 g/mol. The Balaban J connectivity index is 2.15. The summed E-state index contributed by atoms with van der Waals surface area (Å²) in [5, 5.41) is 19.7. The van der Waals surface area contributed by atoms with Gasteiger partial charge in [-0.1, -0.05) is 40.2 Å². The van der Waals surface area contributed by atoms with Crippen LogP contribution in [0.4, 0.5) is 11.4 Å². The van der Waals surface area contributed by atoms with Crippen LogP contribution in [0.3, 0.4) is 0 Å². The van der Waals surface area contributed by atoms with E-state index in [1.807, 2.05) is 30.3 Å². The summed E-state index contributed by atoms with van der Waals surface area (Å²) < 4.78 is 0.874. The number of rotatable bonds is 5. The molecule has 0 radical (unpaired) electrons. The zero-order valence-electron chi connectivity index (χ0n) is 10.9. The van der Waals surface area contributed by atoms with E-state index >= 15 is 0 Å². The van der Waals surface area contributed by atoms with Crippen LogP contribution in [-0.2, 0) is 13.2 Å². The zero-order valence-corrected chi connectivity index (χ0v) is 12.4. The summed E-state index contributed by atoms with van der Waals surface area (Å²) in [4.78, 5) is 0. The molecule has 0 saturated heterocycles. The number of anilines is 2. The van der Waals surface area contributed by atoms with Gasteiger partial charge in [0.05, 0.1) is 6.61 Å². The Morgan fingerprint density at radius 3 is 2.45 bits per heavy atom. The highest BCUT2D eigenvalue weighted by atomic mass is 79.9. The van der Waals surface area contributed by atoms with Crippen LogP contribution in [0.5, 0.6) is 0 Å². The molecule has 2 rings (SSSR count). The highest BCUT2D eigenvalue weighted by Crippen LogP contribution is 2.26. The standard InChI is InChI=1S/C15H16BrN3O/c16-12-5-14(18)13(7-17)15(6-12)19-8-10-1-3-11(9-20)4-2-10/h1-7,17,19-20H,8-9,18H2. The summed E-state index contributed by atoms with van der Waals surface area (Å²) >= 11 is 3.40. The number of nitrogen functional groups attached to an aromatic ring is 1. The van der Waals surface area contributed by atoms with Crippen molar-refractivity contribution in [1.29, 1.82) is 5.41 Å². The molecular formula is C15H16BrN3O. The van der Waals surface area contributed by atoms with Crippen LogP contribution in [0.1, 0.15) is 16.7 Å². The van der Waals surface area contributed by atoms with Crippen LogP contribution in [0.25, 0.3) is 0 Å². The monoisotopic (exact) mass is 333 g/mol. The number of aliphatic hydroxyl groups is 1. The van der Waals surface area contributed by atoms with Crippen molar-refractivity contribution in [3.63, 3.8) is 0 Å². The molecule has 0 atom stereocenters. The summed E-state index contributed by atoms with van der Waals surface area (Å²) in [6.07, 6.45) is 1.25. The molecule has 5 N–H and O–H groups in total. The van der Waals surface area contributed by atoms with Gasteiger partial charge in [-0.15, -0.1) is 0 Å². The van der Waals surface area contributed by atoms with E-state index in [0.29, 0.717) is 17.8 Å². The molecule has 0 unspecified atom stereocenters. The lowest BCUT2D eigenvalue weighted by molar-refractivity contribution is 0.282. The Morgan fingerprint density at radius 2 is 1.85 bits per heavy atom. The molecule has 20 heavy (non-hydrogen) atoms. The third kappa shape index (κ3) is 3.37. The summed E-state index contributed by atoms with van der Waals surface area (Å²) in [6.45, 7) is 0.677. The smallest absolute Gasteiger partial charge is 0.0681 e. The number of aliphatic hydroxyl groups excluding tert-OH is 1. The van der Waals surface area contributed by atoms with Crippen molar-refractivity contribution in [2.45, 2.75) is 13.2 Å². The summed E-state index contributed by atoms with van der Waals surface area (Å²) in [5.41, 5.74) is 9.94. The molecule has 0 amide bonds. The second-order valence-corrected chi connectivity index (χ2v) is 5.34. The Kier molecular flexibility index (Phi) is 4.76. The number of hydrogen-bond acceptors (Lipinski definition) is 4. The Morgan fingerprint density at radius 1 is 1.20 bits per heavy atom. The molecule has 0 fully saturated rings. The Hall–Kier alpha value is -1.85. The number of hydrogen-bond donors (Lipinski definition) is 4. The minimum atomic E-state index is 0.0494. The molecule has 0 saturated carbocycles. The summed E-state index contributed by atoms with van der Waals surface area (Å²) in [7, 11) is 0. The summed E-state index contributed by atoms with van der Waals surface area (Å²) in [5.74, 6) is 0. The van der Waals surface area contributed by atoms with Gasteiger partial charge in [0.25, 0.3) is 0 Å². The molecule has 104 valence electrons. The minimum absolute atomic E-state index is 0.0494. The van der Waals surface area contributed by atoms with Gasteiger partial charge in [0.2, 0.25) is 0 Å². The fraction of sp³-hybridized carbons (Fsp3) is 0.133. The Bertz CT molecular complexity index is 611. The first-order valence-electron chi connectivity index (χ1n) is 6.16. The molecule has 0 aromatic heterocycles. The number of nitrogens with one attached hydrogen (secondary N) is 2. The first-order valence-corrected chi connectivity index (χ1v) is 6.95. The van der Waals surface area contributed by atoms with Gasteiger partial charge in [-0.3, -0.25) is 0 Å². The normalized spacial score (nSPS) is 10.3. The van der Waals surface area contributed by atoms with Crippen molar-refractivity contribution in [1.82, 2.24) is 0 Å². The highest BCUT2D eigenvalue weighted by Gasteiger charge is 2.06.